The van der Waals surface area contributed by atoms with Crippen molar-refractivity contribution in [3.63, 3.8) is 0 Å². The van der Waals surface area contributed by atoms with Gasteiger partial charge >= 0.3 is 0 Å². The van der Waals surface area contributed by atoms with Crippen molar-refractivity contribution in [2.45, 2.75) is 18.9 Å². The van der Waals surface area contributed by atoms with Crippen molar-refractivity contribution in [3.8, 4) is 11.4 Å². The van der Waals surface area contributed by atoms with Gasteiger partial charge in [0.15, 0.2) is 0 Å². The molecule has 2 heterocycles. The van der Waals surface area contributed by atoms with Crippen LogP contribution in [0, 0.1) is 11.6 Å². The third-order valence-corrected chi connectivity index (χ3v) is 4.74. The second-order valence-electron chi connectivity index (χ2n) is 6.24. The molecule has 0 bridgehead atoms. The normalized spacial score (nSPS) is 16.7. The molecule has 2 aromatic carbocycles. The number of carbonyl (C=O) groups excluding carboxylic acids is 1. The first-order valence-electron chi connectivity index (χ1n) is 8.38. The minimum absolute atomic E-state index is 0.0901. The maximum atomic E-state index is 14.1. The van der Waals surface area contributed by atoms with Gasteiger partial charge in [0, 0.05) is 17.1 Å². The molecule has 1 fully saturated rings. The van der Waals surface area contributed by atoms with E-state index in [1.807, 2.05) is 0 Å². The van der Waals surface area contributed by atoms with Gasteiger partial charge in [-0.25, -0.2) is 8.78 Å². The number of likely N-dealkylation sites (tertiary alicyclic amines) is 1. The predicted molar refractivity (Wildman–Crippen MR) is 94.1 cm³/mol. The Balaban J connectivity index is 1.61. The molecule has 3 aromatic rings. The van der Waals surface area contributed by atoms with Crippen molar-refractivity contribution in [3.05, 3.63) is 70.6 Å². The van der Waals surface area contributed by atoms with E-state index in [4.69, 9.17) is 16.1 Å². The van der Waals surface area contributed by atoms with Crippen molar-refractivity contribution in [1.82, 2.24) is 15.0 Å². The summed E-state index contributed by atoms with van der Waals surface area (Å²) in [7, 11) is 0. The molecule has 4 rings (SSSR count). The maximum absolute atomic E-state index is 14.1. The maximum Gasteiger partial charge on any atom is 0.257 e. The van der Waals surface area contributed by atoms with Gasteiger partial charge in [-0.2, -0.15) is 4.98 Å². The van der Waals surface area contributed by atoms with Crippen LogP contribution in [0.5, 0.6) is 0 Å². The molecular formula is C19H14ClF2N3O2. The molecule has 1 aliphatic heterocycles. The molecule has 138 valence electrons. The molecule has 0 aliphatic carbocycles. The summed E-state index contributed by atoms with van der Waals surface area (Å²) in [4.78, 5) is 18.7. The van der Waals surface area contributed by atoms with Crippen LogP contribution in [0.2, 0.25) is 5.02 Å². The second-order valence-corrected chi connectivity index (χ2v) is 6.68. The zero-order valence-electron chi connectivity index (χ0n) is 14.0. The molecule has 1 aromatic heterocycles. The molecule has 1 aliphatic rings. The average Bonchev–Trinajstić information content (AvgIpc) is 3.32. The van der Waals surface area contributed by atoms with Gasteiger partial charge in [0.25, 0.3) is 5.91 Å². The number of hydrogen-bond donors (Lipinski definition) is 0. The molecule has 0 radical (unpaired) electrons. The SMILES string of the molecule is O=C(c1cc(Cl)ccc1F)N1CCCC1c1nc(-c2ccc(F)cc2)no1. The zero-order chi connectivity index (χ0) is 19.0. The van der Waals surface area contributed by atoms with Gasteiger partial charge in [-0.3, -0.25) is 4.79 Å². The molecule has 1 amide bonds. The fraction of sp³-hybridized carbons (Fsp3) is 0.211. The number of rotatable bonds is 3. The topological polar surface area (TPSA) is 59.2 Å². The van der Waals surface area contributed by atoms with Crippen LogP contribution in [-0.4, -0.2) is 27.5 Å². The van der Waals surface area contributed by atoms with Gasteiger partial charge in [-0.15, -0.1) is 0 Å². The predicted octanol–water partition coefficient (Wildman–Crippen LogP) is 4.65. The van der Waals surface area contributed by atoms with Crippen LogP contribution < -0.4 is 0 Å². The first kappa shape index (κ1) is 17.6. The lowest BCUT2D eigenvalue weighted by atomic mass is 10.1. The number of nitrogens with zero attached hydrogens (tertiary/aromatic N) is 3. The largest absolute Gasteiger partial charge is 0.337 e. The van der Waals surface area contributed by atoms with Crippen molar-refractivity contribution >= 4 is 17.5 Å². The van der Waals surface area contributed by atoms with Crippen LogP contribution in [0.1, 0.15) is 35.1 Å². The molecule has 1 atom stereocenters. The highest BCUT2D eigenvalue weighted by molar-refractivity contribution is 6.31. The van der Waals surface area contributed by atoms with Crippen LogP contribution in [0.4, 0.5) is 8.78 Å². The molecule has 27 heavy (non-hydrogen) atoms. The number of amides is 1. The van der Waals surface area contributed by atoms with Gasteiger partial charge in [0.2, 0.25) is 11.7 Å². The van der Waals surface area contributed by atoms with Crippen molar-refractivity contribution in [2.24, 2.45) is 0 Å². The molecular weight excluding hydrogens is 376 g/mol. The molecule has 0 spiro atoms. The fourth-order valence-corrected chi connectivity index (χ4v) is 3.34. The number of benzene rings is 2. The Hall–Kier alpha value is -2.80. The highest BCUT2D eigenvalue weighted by Gasteiger charge is 2.35. The summed E-state index contributed by atoms with van der Waals surface area (Å²) in [5.74, 6) is -0.897. The smallest absolute Gasteiger partial charge is 0.257 e. The highest BCUT2D eigenvalue weighted by atomic mass is 35.5. The van der Waals surface area contributed by atoms with Crippen LogP contribution in [0.25, 0.3) is 11.4 Å². The minimum Gasteiger partial charge on any atom is -0.337 e. The standard InChI is InChI=1S/C19H14ClF2N3O2/c20-12-5-8-15(22)14(10-12)19(26)25-9-1-2-16(25)18-23-17(24-27-18)11-3-6-13(21)7-4-11/h3-8,10,16H,1-2,9H2. The third kappa shape index (κ3) is 3.42. The summed E-state index contributed by atoms with van der Waals surface area (Å²) in [5.41, 5.74) is 0.510. The summed E-state index contributed by atoms with van der Waals surface area (Å²) < 4.78 is 32.5. The Morgan fingerprint density at radius 2 is 1.96 bits per heavy atom. The third-order valence-electron chi connectivity index (χ3n) is 4.50. The van der Waals surface area contributed by atoms with E-state index >= 15 is 0 Å². The van der Waals surface area contributed by atoms with E-state index in [-0.39, 0.29) is 22.3 Å². The molecule has 1 saturated heterocycles. The van der Waals surface area contributed by atoms with Crippen molar-refractivity contribution in [1.29, 1.82) is 0 Å². The van der Waals surface area contributed by atoms with E-state index in [0.29, 0.717) is 24.4 Å². The lowest BCUT2D eigenvalue weighted by Crippen LogP contribution is -2.31. The summed E-state index contributed by atoms with van der Waals surface area (Å²) in [6, 6.07) is 9.12. The first-order valence-corrected chi connectivity index (χ1v) is 8.76. The summed E-state index contributed by atoms with van der Waals surface area (Å²) in [5, 5.41) is 4.20. The van der Waals surface area contributed by atoms with E-state index in [9.17, 15) is 13.6 Å². The van der Waals surface area contributed by atoms with Gasteiger partial charge in [-0.1, -0.05) is 16.8 Å². The second kappa shape index (κ2) is 7.08. The minimum atomic E-state index is -0.632. The van der Waals surface area contributed by atoms with Crippen LogP contribution in [0.3, 0.4) is 0 Å². The van der Waals surface area contributed by atoms with Gasteiger partial charge in [0.1, 0.15) is 17.7 Å². The zero-order valence-corrected chi connectivity index (χ0v) is 14.8. The Morgan fingerprint density at radius 3 is 2.74 bits per heavy atom. The van der Waals surface area contributed by atoms with Crippen molar-refractivity contribution in [2.75, 3.05) is 6.54 Å². The van der Waals surface area contributed by atoms with E-state index in [2.05, 4.69) is 10.1 Å². The lowest BCUT2D eigenvalue weighted by Gasteiger charge is -2.22. The van der Waals surface area contributed by atoms with E-state index in [1.54, 1.807) is 12.1 Å². The Morgan fingerprint density at radius 1 is 1.19 bits per heavy atom. The van der Waals surface area contributed by atoms with Gasteiger partial charge < -0.3 is 9.42 Å². The first-order chi connectivity index (χ1) is 13.0. The van der Waals surface area contributed by atoms with Gasteiger partial charge in [0.05, 0.1) is 5.56 Å². The molecule has 0 N–H and O–H groups in total. The fourth-order valence-electron chi connectivity index (χ4n) is 3.17. The quantitative estimate of drug-likeness (QED) is 0.654. The molecule has 5 nitrogen and oxygen atoms in total. The Labute approximate surface area is 158 Å². The summed E-state index contributed by atoms with van der Waals surface area (Å²) in [6.07, 6.45) is 1.35. The van der Waals surface area contributed by atoms with Gasteiger partial charge in [-0.05, 0) is 55.3 Å². The number of halogens is 3. The summed E-state index contributed by atoms with van der Waals surface area (Å²) in [6.45, 7) is 0.448. The molecule has 8 heteroatoms. The highest BCUT2D eigenvalue weighted by Crippen LogP contribution is 2.34. The van der Waals surface area contributed by atoms with Crippen LogP contribution in [-0.2, 0) is 0 Å². The summed E-state index contributed by atoms with van der Waals surface area (Å²) >= 11 is 5.90. The average molecular weight is 390 g/mol. The number of hydrogen-bond acceptors (Lipinski definition) is 4. The van der Waals surface area contributed by atoms with Crippen LogP contribution in [0.15, 0.2) is 47.0 Å². The lowest BCUT2D eigenvalue weighted by molar-refractivity contribution is 0.0705. The van der Waals surface area contributed by atoms with Crippen molar-refractivity contribution < 1.29 is 18.1 Å². The molecule has 0 saturated carbocycles. The van der Waals surface area contributed by atoms with E-state index < -0.39 is 17.8 Å². The number of carbonyl (C=O) groups is 1. The monoisotopic (exact) mass is 389 g/mol. The van der Waals surface area contributed by atoms with E-state index in [0.717, 1.165) is 6.42 Å². The van der Waals surface area contributed by atoms with Crippen LogP contribution >= 0.6 is 11.6 Å². The van der Waals surface area contributed by atoms with E-state index in [1.165, 1.54) is 35.2 Å². The number of aromatic nitrogens is 2. The Bertz CT molecular complexity index is 991. The Kier molecular flexibility index (Phi) is 4.61. The molecule has 1 unspecified atom stereocenters.